The number of aliphatic hydroxyl groups is 2. The second-order valence-electron chi connectivity index (χ2n) is 5.37. The molecule has 2 aromatic heterocycles. The second kappa shape index (κ2) is 5.76. The van der Waals surface area contributed by atoms with Crippen molar-refractivity contribution >= 4 is 17.1 Å². The van der Waals surface area contributed by atoms with Crippen LogP contribution in [0.15, 0.2) is 6.33 Å². The molecule has 0 radical (unpaired) electrons. The predicted octanol–water partition coefficient (Wildman–Crippen LogP) is -0.304. The first-order chi connectivity index (χ1) is 11.8. The van der Waals surface area contributed by atoms with Gasteiger partial charge in [-0.15, -0.1) is 6.42 Å². The van der Waals surface area contributed by atoms with Crippen molar-refractivity contribution in [1.29, 1.82) is 0 Å². The zero-order chi connectivity index (χ0) is 18.4. The predicted molar refractivity (Wildman–Crippen MR) is 80.6 cm³/mol. The quantitative estimate of drug-likeness (QED) is 0.638. The van der Waals surface area contributed by atoms with Crippen molar-refractivity contribution in [3.05, 3.63) is 6.33 Å². The number of nitrogens with two attached hydrogens (primary N) is 1. The van der Waals surface area contributed by atoms with Gasteiger partial charge in [-0.2, -0.15) is 9.97 Å². The number of aliphatic hydroxyl groups excluding tert-OH is 2. The number of rotatable bonds is 4. The first-order valence-electron chi connectivity index (χ1n) is 7.26. The Balaban J connectivity index is 2.18. The largest absolute Gasteiger partial charge is 0.476 e. The average molecular weight is 355 g/mol. The molecule has 0 bridgehead atoms. The number of nitrogens with zero attached hydrogens (tertiary/aromatic N) is 4. The second-order valence-corrected chi connectivity index (χ2v) is 5.37. The van der Waals surface area contributed by atoms with Gasteiger partial charge >= 0.3 is 0 Å². The lowest BCUT2D eigenvalue weighted by Crippen LogP contribution is -2.47. The van der Waals surface area contributed by atoms with Gasteiger partial charge < -0.3 is 25.4 Å². The van der Waals surface area contributed by atoms with Crippen molar-refractivity contribution in [1.82, 2.24) is 19.5 Å². The molecule has 0 saturated carbocycles. The number of nitrogen functional groups attached to an aromatic ring is 1. The normalized spacial score (nSPS) is 32.0. The minimum Gasteiger partial charge on any atom is -0.476 e. The topological polar surface area (TPSA) is 129 Å². The fraction of sp³-hybridized carbons (Fsp3) is 0.500. The minimum absolute atomic E-state index is 0.0346. The first-order valence-corrected chi connectivity index (χ1v) is 7.26. The lowest BCUT2D eigenvalue weighted by Gasteiger charge is -2.23. The highest BCUT2D eigenvalue weighted by atomic mass is 19.2. The maximum absolute atomic E-state index is 15.1. The van der Waals surface area contributed by atoms with Crippen LogP contribution < -0.4 is 10.5 Å². The molecule has 1 aliphatic heterocycles. The number of halogens is 2. The van der Waals surface area contributed by atoms with Crippen LogP contribution in [-0.2, 0) is 4.74 Å². The van der Waals surface area contributed by atoms with Crippen molar-refractivity contribution in [3.63, 3.8) is 0 Å². The van der Waals surface area contributed by atoms with Crippen molar-refractivity contribution < 1.29 is 28.5 Å². The Hall–Kier alpha value is -2.55. The Bertz CT molecular complexity index is 856. The first kappa shape index (κ1) is 17.3. The van der Waals surface area contributed by atoms with E-state index in [-0.39, 0.29) is 29.6 Å². The lowest BCUT2D eigenvalue weighted by atomic mass is 9.96. The third kappa shape index (κ3) is 2.38. The summed E-state index contributed by atoms with van der Waals surface area (Å²) in [5.41, 5.74) is 2.70. The molecule has 0 unspecified atom stereocenters. The van der Waals surface area contributed by atoms with Crippen LogP contribution in [0.25, 0.3) is 11.2 Å². The van der Waals surface area contributed by atoms with Crippen LogP contribution in [0.2, 0.25) is 0 Å². The summed E-state index contributed by atoms with van der Waals surface area (Å²) in [6.45, 7) is 0.666. The van der Waals surface area contributed by atoms with Gasteiger partial charge in [0.25, 0.3) is 5.85 Å². The van der Waals surface area contributed by atoms with E-state index in [1.165, 1.54) is 0 Å². The molecule has 4 N–H and O–H groups in total. The Labute approximate surface area is 140 Å². The third-order valence-electron chi connectivity index (χ3n) is 3.85. The molecule has 1 fully saturated rings. The minimum atomic E-state index is -3.09. The molecule has 3 rings (SSSR count). The number of hydrogen-bond donors (Lipinski definition) is 3. The Morgan fingerprint density at radius 2 is 2.24 bits per heavy atom. The molecule has 0 aromatic carbocycles. The van der Waals surface area contributed by atoms with Crippen molar-refractivity contribution in [2.75, 3.05) is 18.9 Å². The van der Waals surface area contributed by atoms with E-state index in [0.717, 1.165) is 10.9 Å². The number of anilines is 1. The molecule has 2 aromatic rings. The molecule has 3 heterocycles. The molecular weight excluding hydrogens is 340 g/mol. The Kier molecular flexibility index (Phi) is 3.98. The van der Waals surface area contributed by atoms with Gasteiger partial charge in [-0.3, -0.25) is 4.57 Å². The zero-order valence-corrected chi connectivity index (χ0v) is 13.1. The summed E-state index contributed by atoms with van der Waals surface area (Å²) in [5, 5.41) is 19.0. The van der Waals surface area contributed by atoms with Crippen molar-refractivity contribution in [2.45, 2.75) is 30.8 Å². The molecule has 11 heteroatoms. The van der Waals surface area contributed by atoms with Gasteiger partial charge in [0.05, 0.1) is 12.9 Å². The number of imidazole rings is 1. The number of fused-ring (bicyclic) bond motifs is 1. The van der Waals surface area contributed by atoms with Crippen LogP contribution in [0.5, 0.6) is 5.88 Å². The molecule has 1 aliphatic rings. The Morgan fingerprint density at radius 3 is 2.84 bits per heavy atom. The lowest BCUT2D eigenvalue weighted by molar-refractivity contribution is -0.206. The highest BCUT2D eigenvalue weighted by Crippen LogP contribution is 2.48. The van der Waals surface area contributed by atoms with E-state index in [1.54, 1.807) is 12.8 Å². The molecule has 134 valence electrons. The zero-order valence-electron chi connectivity index (χ0n) is 13.1. The van der Waals surface area contributed by atoms with Crippen molar-refractivity contribution in [2.24, 2.45) is 0 Å². The van der Waals surface area contributed by atoms with E-state index in [9.17, 15) is 9.50 Å². The van der Waals surface area contributed by atoms with E-state index in [4.69, 9.17) is 26.7 Å². The molecule has 1 saturated heterocycles. The summed E-state index contributed by atoms with van der Waals surface area (Å²) in [6, 6.07) is 0. The highest BCUT2D eigenvalue weighted by molar-refractivity contribution is 5.77. The highest BCUT2D eigenvalue weighted by Gasteiger charge is 2.66. The molecule has 0 spiro atoms. The van der Waals surface area contributed by atoms with Crippen LogP contribution in [0.1, 0.15) is 13.2 Å². The summed E-state index contributed by atoms with van der Waals surface area (Å²) in [7, 11) is 0. The van der Waals surface area contributed by atoms with Crippen LogP contribution >= 0.6 is 0 Å². The summed E-state index contributed by atoms with van der Waals surface area (Å²) >= 11 is 0. The number of hydrogen-bond acceptors (Lipinski definition) is 8. The van der Waals surface area contributed by atoms with Crippen LogP contribution in [0.4, 0.5) is 14.7 Å². The SMILES string of the molecule is C#C[C@]1(F)[C@H](n2cnc3c(OCC)nc(N)nc32)O[C@](F)(CO)[C@H]1O. The van der Waals surface area contributed by atoms with E-state index >= 15 is 4.39 Å². The summed E-state index contributed by atoms with van der Waals surface area (Å²) in [5.74, 6) is -1.56. The number of ether oxygens (including phenoxy) is 2. The standard InChI is InChI=1S/C14H15F2N5O4/c1-3-13(15)10(23)14(16,5-22)25-11(13)21-6-18-7-8(21)19-12(17)20-9(7)24-4-2/h1,6,10-11,22-23H,4-5H2,2H3,(H2,17,19,20)/t10-,11+,13+,14+/m0/s1. The van der Waals surface area contributed by atoms with E-state index in [1.807, 2.05) is 0 Å². The van der Waals surface area contributed by atoms with Crippen LogP contribution in [0, 0.1) is 12.3 Å². The molecule has 9 nitrogen and oxygen atoms in total. The van der Waals surface area contributed by atoms with Crippen LogP contribution in [0.3, 0.4) is 0 Å². The fourth-order valence-corrected chi connectivity index (χ4v) is 2.63. The van der Waals surface area contributed by atoms with E-state index in [2.05, 4.69) is 15.0 Å². The van der Waals surface area contributed by atoms with Gasteiger partial charge in [-0.05, 0) is 6.92 Å². The summed E-state index contributed by atoms with van der Waals surface area (Å²) in [6.07, 6.45) is 1.95. The van der Waals surface area contributed by atoms with Crippen LogP contribution in [-0.4, -0.2) is 60.6 Å². The van der Waals surface area contributed by atoms with Gasteiger partial charge in [0.15, 0.2) is 23.5 Å². The number of alkyl halides is 2. The van der Waals surface area contributed by atoms with Gasteiger partial charge in [0.2, 0.25) is 17.5 Å². The monoisotopic (exact) mass is 355 g/mol. The maximum Gasteiger partial charge on any atom is 0.264 e. The average Bonchev–Trinajstić information content (AvgIpc) is 3.09. The maximum atomic E-state index is 15.1. The molecular formula is C14H15F2N5O4. The molecule has 4 atom stereocenters. The van der Waals surface area contributed by atoms with E-state index < -0.39 is 30.5 Å². The number of terminal acetylenes is 1. The molecule has 0 amide bonds. The third-order valence-corrected chi connectivity index (χ3v) is 3.85. The molecule has 25 heavy (non-hydrogen) atoms. The van der Waals surface area contributed by atoms with Gasteiger partial charge in [-0.25, -0.2) is 13.8 Å². The fourth-order valence-electron chi connectivity index (χ4n) is 2.63. The van der Waals surface area contributed by atoms with Gasteiger partial charge in [-0.1, -0.05) is 5.92 Å². The number of aromatic nitrogens is 4. The van der Waals surface area contributed by atoms with E-state index in [0.29, 0.717) is 0 Å². The molecule has 0 aliphatic carbocycles. The van der Waals surface area contributed by atoms with Crippen molar-refractivity contribution in [3.8, 4) is 18.2 Å². The van der Waals surface area contributed by atoms with Gasteiger partial charge in [0.1, 0.15) is 6.61 Å². The Morgan fingerprint density at radius 1 is 1.52 bits per heavy atom. The summed E-state index contributed by atoms with van der Waals surface area (Å²) < 4.78 is 40.7. The smallest absolute Gasteiger partial charge is 0.264 e. The summed E-state index contributed by atoms with van der Waals surface area (Å²) in [4.78, 5) is 11.8. The van der Waals surface area contributed by atoms with Gasteiger partial charge in [0, 0.05) is 0 Å².